The number of fused-ring (bicyclic) bond motifs is 1. The van der Waals surface area contributed by atoms with Crippen molar-refractivity contribution in [2.75, 3.05) is 6.54 Å². The number of aliphatic hydroxyl groups is 1. The van der Waals surface area contributed by atoms with Crippen LogP contribution in [0.3, 0.4) is 0 Å². The lowest BCUT2D eigenvalue weighted by molar-refractivity contribution is -0.142. The maximum Gasteiger partial charge on any atom is 0.433 e. The van der Waals surface area contributed by atoms with Crippen LogP contribution in [0.25, 0.3) is 5.65 Å². The van der Waals surface area contributed by atoms with Crippen LogP contribution in [-0.4, -0.2) is 48.7 Å². The van der Waals surface area contributed by atoms with Crippen molar-refractivity contribution in [3.05, 3.63) is 29.2 Å². The first-order valence-corrected chi connectivity index (χ1v) is 12.4. The van der Waals surface area contributed by atoms with Gasteiger partial charge < -0.3 is 10.0 Å². The quantitative estimate of drug-likeness (QED) is 0.688. The molecule has 4 aliphatic carbocycles. The van der Waals surface area contributed by atoms with E-state index in [1.165, 1.54) is 31.4 Å². The fourth-order valence-corrected chi connectivity index (χ4v) is 7.86. The number of aliphatic hydroxyl groups excluding tert-OH is 1. The first-order valence-electron chi connectivity index (χ1n) is 12.4. The highest BCUT2D eigenvalue weighted by atomic mass is 19.4. The number of hydrogen-bond donors (Lipinski definition) is 1. The van der Waals surface area contributed by atoms with Crippen molar-refractivity contribution in [1.29, 1.82) is 0 Å². The third kappa shape index (κ3) is 3.45. The van der Waals surface area contributed by atoms with E-state index in [-0.39, 0.29) is 16.8 Å². The second-order valence-electron chi connectivity index (χ2n) is 11.9. The van der Waals surface area contributed by atoms with Crippen LogP contribution in [0.1, 0.15) is 87.1 Å². The Kier molecular flexibility index (Phi) is 4.71. The number of carbonyl (C=O) groups is 1. The summed E-state index contributed by atoms with van der Waals surface area (Å²) < 4.78 is 43.4. The van der Waals surface area contributed by atoms with Crippen LogP contribution in [-0.2, 0) is 11.6 Å². The molecule has 1 aliphatic heterocycles. The molecule has 6 nitrogen and oxygen atoms in total. The molecule has 1 atom stereocenters. The largest absolute Gasteiger partial charge is 0.433 e. The van der Waals surface area contributed by atoms with E-state index in [4.69, 9.17) is 4.98 Å². The highest BCUT2D eigenvalue weighted by molar-refractivity contribution is 5.94. The number of alkyl halides is 3. The Balaban J connectivity index is 1.43. The SMILES string of the molecule is CC1(C)CC(O)CCN1C(=O)c1cc2nc(C34CC5CC(CC(C5)C3)C4)cc(C(F)(F)F)n2n1. The van der Waals surface area contributed by atoms with Gasteiger partial charge in [0, 0.05) is 23.6 Å². The molecule has 3 heterocycles. The molecule has 184 valence electrons. The topological polar surface area (TPSA) is 70.7 Å². The number of halogens is 3. The van der Waals surface area contributed by atoms with Gasteiger partial charge in [0.25, 0.3) is 5.91 Å². The average Bonchev–Trinajstić information content (AvgIpc) is 3.14. The van der Waals surface area contributed by atoms with Crippen molar-refractivity contribution >= 4 is 11.6 Å². The molecule has 0 radical (unpaired) electrons. The lowest BCUT2D eigenvalue weighted by Gasteiger charge is -2.56. The van der Waals surface area contributed by atoms with Crippen LogP contribution in [0, 0.1) is 17.8 Å². The van der Waals surface area contributed by atoms with Crippen LogP contribution in [0.4, 0.5) is 13.2 Å². The summed E-state index contributed by atoms with van der Waals surface area (Å²) in [5.41, 5.74) is -1.21. The summed E-state index contributed by atoms with van der Waals surface area (Å²) in [7, 11) is 0. The molecular weight excluding hydrogens is 445 g/mol. The minimum Gasteiger partial charge on any atom is -0.393 e. The fourth-order valence-electron chi connectivity index (χ4n) is 7.86. The van der Waals surface area contributed by atoms with Gasteiger partial charge in [-0.25, -0.2) is 9.50 Å². The van der Waals surface area contributed by atoms with Crippen molar-refractivity contribution in [3.63, 3.8) is 0 Å². The summed E-state index contributed by atoms with van der Waals surface area (Å²) in [5.74, 6) is 1.32. The van der Waals surface area contributed by atoms with E-state index < -0.39 is 29.4 Å². The highest BCUT2D eigenvalue weighted by Crippen LogP contribution is 2.60. The van der Waals surface area contributed by atoms with E-state index in [0.29, 0.717) is 42.8 Å². The van der Waals surface area contributed by atoms with E-state index in [2.05, 4.69) is 5.10 Å². The Bertz CT molecular complexity index is 1120. The van der Waals surface area contributed by atoms with Crippen molar-refractivity contribution < 1.29 is 23.1 Å². The molecule has 2 aromatic rings. The van der Waals surface area contributed by atoms with Gasteiger partial charge in [0.15, 0.2) is 11.3 Å². The van der Waals surface area contributed by atoms with Gasteiger partial charge in [-0.15, -0.1) is 0 Å². The summed E-state index contributed by atoms with van der Waals surface area (Å²) in [6.45, 7) is 4.04. The van der Waals surface area contributed by atoms with Gasteiger partial charge in [-0.3, -0.25) is 4.79 Å². The number of likely N-dealkylation sites (tertiary alicyclic amines) is 1. The third-order valence-corrected chi connectivity index (χ3v) is 8.92. The lowest BCUT2D eigenvalue weighted by Crippen LogP contribution is -2.54. The first kappa shape index (κ1) is 22.3. The second kappa shape index (κ2) is 7.18. The number of nitrogens with zero attached hydrogens (tertiary/aromatic N) is 4. The van der Waals surface area contributed by atoms with E-state index in [0.717, 1.165) is 23.8 Å². The van der Waals surface area contributed by atoms with Crippen LogP contribution in [0.15, 0.2) is 12.1 Å². The first-order chi connectivity index (χ1) is 15.9. The van der Waals surface area contributed by atoms with Gasteiger partial charge in [-0.05, 0) is 89.0 Å². The number of aromatic nitrogens is 3. The summed E-state index contributed by atoms with van der Waals surface area (Å²) in [6.07, 6.45) is 2.04. The van der Waals surface area contributed by atoms with Gasteiger partial charge in [-0.2, -0.15) is 18.3 Å². The molecule has 0 spiro atoms. The Morgan fingerprint density at radius 1 is 1.06 bits per heavy atom. The summed E-state index contributed by atoms with van der Waals surface area (Å²) >= 11 is 0. The molecule has 1 unspecified atom stereocenters. The molecular formula is C25H31F3N4O2. The van der Waals surface area contributed by atoms with Crippen molar-refractivity contribution in [2.24, 2.45) is 17.8 Å². The number of piperidine rings is 1. The van der Waals surface area contributed by atoms with Crippen molar-refractivity contribution in [1.82, 2.24) is 19.5 Å². The van der Waals surface area contributed by atoms with Gasteiger partial charge in [0.05, 0.1) is 11.8 Å². The molecule has 5 fully saturated rings. The minimum absolute atomic E-state index is 0.0369. The van der Waals surface area contributed by atoms with E-state index in [1.54, 1.807) is 4.90 Å². The lowest BCUT2D eigenvalue weighted by atomic mass is 9.49. The van der Waals surface area contributed by atoms with E-state index >= 15 is 0 Å². The zero-order valence-electron chi connectivity index (χ0n) is 19.6. The summed E-state index contributed by atoms with van der Waals surface area (Å²) in [5, 5.41) is 14.1. The van der Waals surface area contributed by atoms with Crippen LogP contribution >= 0.6 is 0 Å². The maximum atomic E-state index is 14.2. The molecule has 0 aromatic carbocycles. The Morgan fingerprint density at radius 3 is 2.24 bits per heavy atom. The molecule has 1 saturated heterocycles. The molecule has 1 N–H and O–H groups in total. The van der Waals surface area contributed by atoms with Crippen molar-refractivity contribution in [3.8, 4) is 0 Å². The molecule has 4 bridgehead atoms. The minimum atomic E-state index is -4.61. The van der Waals surface area contributed by atoms with Crippen LogP contribution < -0.4 is 0 Å². The van der Waals surface area contributed by atoms with Crippen molar-refractivity contribution in [2.45, 2.75) is 88.4 Å². The normalized spacial score (nSPS) is 34.7. The molecule has 5 aliphatic rings. The number of hydrogen-bond acceptors (Lipinski definition) is 4. The highest BCUT2D eigenvalue weighted by Gasteiger charge is 2.53. The second-order valence-corrected chi connectivity index (χ2v) is 11.9. The maximum absolute atomic E-state index is 14.2. The monoisotopic (exact) mass is 476 g/mol. The average molecular weight is 477 g/mol. The smallest absolute Gasteiger partial charge is 0.393 e. The van der Waals surface area contributed by atoms with Crippen LogP contribution in [0.5, 0.6) is 0 Å². The predicted octanol–water partition coefficient (Wildman–Crippen LogP) is 4.59. The molecule has 4 saturated carbocycles. The van der Waals surface area contributed by atoms with E-state index in [9.17, 15) is 23.1 Å². The summed E-state index contributed by atoms with van der Waals surface area (Å²) in [6, 6.07) is 2.60. The molecule has 9 heteroatoms. The zero-order valence-corrected chi connectivity index (χ0v) is 19.6. The predicted molar refractivity (Wildman–Crippen MR) is 118 cm³/mol. The Labute approximate surface area is 196 Å². The number of amides is 1. The third-order valence-electron chi connectivity index (χ3n) is 8.92. The van der Waals surface area contributed by atoms with Gasteiger partial charge in [0.2, 0.25) is 0 Å². The van der Waals surface area contributed by atoms with Crippen LogP contribution in [0.2, 0.25) is 0 Å². The Morgan fingerprint density at radius 2 is 1.68 bits per heavy atom. The molecule has 34 heavy (non-hydrogen) atoms. The molecule has 1 amide bonds. The van der Waals surface area contributed by atoms with Gasteiger partial charge in [-0.1, -0.05) is 0 Å². The molecule has 2 aromatic heterocycles. The number of rotatable bonds is 2. The summed E-state index contributed by atoms with van der Waals surface area (Å²) in [4.78, 5) is 19.7. The molecule has 7 rings (SSSR count). The fraction of sp³-hybridized carbons (Fsp3) is 0.720. The van der Waals surface area contributed by atoms with Gasteiger partial charge in [0.1, 0.15) is 5.69 Å². The van der Waals surface area contributed by atoms with Gasteiger partial charge >= 0.3 is 6.18 Å². The zero-order chi connectivity index (χ0) is 24.0. The standard InChI is InChI=1S/C25H31F3N4O2/c1-23(2)13-17(33)3-4-31(23)22(34)18-8-21-29-19(9-20(25(26,27)28)32(21)30-18)24-10-14-5-15(11-24)7-16(6-14)12-24/h8-9,14-17,33H,3-7,10-13H2,1-2H3. The number of carbonyl (C=O) groups excluding carboxylic acids is 1. The van der Waals surface area contributed by atoms with E-state index in [1.807, 2.05) is 13.8 Å². The Hall–Kier alpha value is -2.16.